The van der Waals surface area contributed by atoms with E-state index in [0.717, 1.165) is 43.7 Å². The predicted molar refractivity (Wildman–Crippen MR) is 147 cm³/mol. The van der Waals surface area contributed by atoms with Gasteiger partial charge in [0.05, 0.1) is 0 Å². The average Bonchev–Trinajstić information content (AvgIpc) is 2.78. The fourth-order valence-corrected chi connectivity index (χ4v) is 4.19. The summed E-state index contributed by atoms with van der Waals surface area (Å²) in [6.45, 7) is 2.47. The van der Waals surface area contributed by atoms with E-state index in [1.165, 1.54) is 30.4 Å². The first-order valence-corrected chi connectivity index (χ1v) is 11.7. The molecule has 34 heavy (non-hydrogen) atoms. The number of anilines is 2. The van der Waals surface area contributed by atoms with Crippen molar-refractivity contribution >= 4 is 68.0 Å². The quantitative estimate of drug-likeness (QED) is 0.444. The van der Waals surface area contributed by atoms with Crippen LogP contribution < -0.4 is 10.6 Å². The van der Waals surface area contributed by atoms with Crippen LogP contribution in [-0.4, -0.2) is 39.9 Å². The van der Waals surface area contributed by atoms with Crippen LogP contribution >= 0.6 is 50.2 Å². The molecule has 0 bridgehead atoms. The van der Waals surface area contributed by atoms with Crippen LogP contribution in [0.25, 0.3) is 0 Å². The number of hydrogen-bond donors (Lipinski definition) is 3. The lowest BCUT2D eigenvalue weighted by atomic mass is 9.98. The molecule has 2 atom stereocenters. The Labute approximate surface area is 225 Å². The summed E-state index contributed by atoms with van der Waals surface area (Å²) in [6, 6.07) is 8.80. The molecule has 190 valence electrons. The summed E-state index contributed by atoms with van der Waals surface area (Å²) < 4.78 is 0. The normalized spacial score (nSPS) is 17.1. The maximum Gasteiger partial charge on any atom is 0.373 e. The Morgan fingerprint density at radius 2 is 1.35 bits per heavy atom. The number of pyridine rings is 2. The summed E-state index contributed by atoms with van der Waals surface area (Å²) in [6.07, 6.45) is 9.00. The van der Waals surface area contributed by atoms with Crippen molar-refractivity contribution in [2.24, 2.45) is 0 Å². The van der Waals surface area contributed by atoms with Gasteiger partial charge >= 0.3 is 6.15 Å². The van der Waals surface area contributed by atoms with Gasteiger partial charge < -0.3 is 15.7 Å². The number of fused-ring (bicyclic) bond motifs is 2. The Morgan fingerprint density at radius 1 is 0.912 bits per heavy atom. The van der Waals surface area contributed by atoms with Crippen molar-refractivity contribution in [2.45, 2.75) is 70.4 Å². The van der Waals surface area contributed by atoms with Gasteiger partial charge in [0.2, 0.25) is 0 Å². The number of aromatic nitrogens is 2. The van der Waals surface area contributed by atoms with Crippen molar-refractivity contribution in [2.75, 3.05) is 17.2 Å². The molecule has 0 radical (unpaired) electrons. The molecule has 0 fully saturated rings. The van der Waals surface area contributed by atoms with Gasteiger partial charge in [-0.25, -0.2) is 9.97 Å². The molecular formula is C23H34Cl2N4O3S2. The molecule has 2 aromatic heterocycles. The van der Waals surface area contributed by atoms with Gasteiger partial charge in [0.15, 0.2) is 0 Å². The number of halogens is 2. The second-order valence-electron chi connectivity index (χ2n) is 7.78. The van der Waals surface area contributed by atoms with Gasteiger partial charge in [-0.15, -0.1) is 0 Å². The first-order valence-electron chi connectivity index (χ1n) is 10.9. The molecule has 11 heteroatoms. The lowest BCUT2D eigenvalue weighted by Crippen LogP contribution is -2.26. The molecule has 2 aromatic rings. The molecule has 4 heterocycles. The van der Waals surface area contributed by atoms with E-state index in [1.54, 1.807) is 0 Å². The predicted octanol–water partition coefficient (Wildman–Crippen LogP) is 5.14. The molecule has 3 N–H and O–H groups in total. The smallest absolute Gasteiger partial charge is 0.373 e. The first kappa shape index (κ1) is 32.5. The van der Waals surface area contributed by atoms with Crippen molar-refractivity contribution in [1.82, 2.24) is 9.97 Å². The Kier molecular flexibility index (Phi) is 17.1. The maximum absolute atomic E-state index is 8.77. The molecule has 0 aliphatic carbocycles. The molecule has 0 spiro atoms. The average molecular weight is 550 g/mol. The highest BCUT2D eigenvalue weighted by atomic mass is 35.5. The van der Waals surface area contributed by atoms with Gasteiger partial charge in [0.1, 0.15) is 21.9 Å². The lowest BCUT2D eigenvalue weighted by molar-refractivity contribution is -0.191. The van der Waals surface area contributed by atoms with E-state index < -0.39 is 0 Å². The summed E-state index contributed by atoms with van der Waals surface area (Å²) in [7, 11) is 0. The van der Waals surface area contributed by atoms with Crippen LogP contribution in [0.2, 0.25) is 10.3 Å². The summed E-state index contributed by atoms with van der Waals surface area (Å²) >= 11 is 11.7. The van der Waals surface area contributed by atoms with Crippen LogP contribution in [0.15, 0.2) is 24.3 Å². The van der Waals surface area contributed by atoms with Crippen molar-refractivity contribution in [1.29, 1.82) is 0 Å². The zero-order chi connectivity index (χ0) is 23.3. The third-order valence-electron chi connectivity index (χ3n) is 5.44. The van der Waals surface area contributed by atoms with Crippen LogP contribution in [0.5, 0.6) is 0 Å². The second kappa shape index (κ2) is 17.9. The molecular weight excluding hydrogens is 515 g/mol. The van der Waals surface area contributed by atoms with Crippen LogP contribution in [0.1, 0.15) is 56.6 Å². The van der Waals surface area contributed by atoms with E-state index in [2.05, 4.69) is 33.6 Å². The van der Waals surface area contributed by atoms with Crippen LogP contribution in [-0.2, 0) is 22.4 Å². The highest BCUT2D eigenvalue weighted by Crippen LogP contribution is 2.27. The number of aryl methyl sites for hydroxylation is 2. The van der Waals surface area contributed by atoms with Crippen LogP contribution in [0.3, 0.4) is 0 Å². The number of aliphatic hydroxyl groups excluding tert-OH is 1. The van der Waals surface area contributed by atoms with Crippen molar-refractivity contribution in [3.8, 4) is 0 Å². The Balaban J connectivity index is 0.000000547. The largest absolute Gasteiger partial charge is 0.396 e. The minimum atomic E-state index is 0. The maximum atomic E-state index is 8.77. The molecule has 0 saturated heterocycles. The fourth-order valence-electron chi connectivity index (χ4n) is 3.89. The van der Waals surface area contributed by atoms with Crippen molar-refractivity contribution in [3.63, 3.8) is 0 Å². The van der Waals surface area contributed by atoms with E-state index >= 15 is 0 Å². The van der Waals surface area contributed by atoms with Gasteiger partial charge in [0.25, 0.3) is 0 Å². The van der Waals surface area contributed by atoms with Crippen molar-refractivity contribution < 1.29 is 14.7 Å². The summed E-state index contributed by atoms with van der Waals surface area (Å²) in [4.78, 5) is 24.8. The molecule has 0 saturated carbocycles. The Morgan fingerprint density at radius 3 is 1.76 bits per heavy atom. The molecule has 0 amide bonds. The van der Waals surface area contributed by atoms with Crippen molar-refractivity contribution in [3.05, 3.63) is 45.7 Å². The molecule has 0 unspecified atom stereocenters. The van der Waals surface area contributed by atoms with E-state index in [1.807, 2.05) is 18.2 Å². The Hall–Kier alpha value is -1.48. The highest BCUT2D eigenvalue weighted by molar-refractivity contribution is 7.59. The number of rotatable bonds is 5. The van der Waals surface area contributed by atoms with E-state index in [9.17, 15) is 0 Å². The summed E-state index contributed by atoms with van der Waals surface area (Å²) in [5, 5.41) is 16.7. The van der Waals surface area contributed by atoms with Crippen LogP contribution in [0.4, 0.5) is 11.6 Å². The topological polar surface area (TPSA) is 104 Å². The summed E-state index contributed by atoms with van der Waals surface area (Å²) in [5.74, 6) is 1.90. The second-order valence-corrected chi connectivity index (χ2v) is 8.56. The number of nitrogens with one attached hydrogen (secondary N) is 2. The standard InChI is InChI=1S/C11H15ClN2O.C11H15ClN2.CO2.2H2S/c12-10-6-4-8-3-5-9(2-1-7-15)13-11(8)14-10;1-2-3-9-6-4-8-5-7-10(12)14-11(8)13-9;2-1-3;;/h4,6,9,15H,1-3,5,7H2,(H,13,14);5,7,9H,2-4,6H2,1H3,(H,13,14);;2*1H2/t2*9-;;;/m00.../s1. The number of aliphatic hydroxyl groups is 1. The van der Waals surface area contributed by atoms with Crippen LogP contribution in [0, 0.1) is 0 Å². The molecule has 2 aliphatic heterocycles. The number of carbonyl (C=O) groups excluding carboxylic acids is 2. The fraction of sp³-hybridized carbons (Fsp3) is 0.522. The van der Waals surface area contributed by atoms with E-state index in [0.29, 0.717) is 22.4 Å². The van der Waals surface area contributed by atoms with Gasteiger partial charge in [0, 0.05) is 18.7 Å². The number of hydrogen-bond acceptors (Lipinski definition) is 7. The SMILES string of the molecule is CCC[C@H]1CCc2ccc(Cl)nc2N1.O=C=O.OCCC[C@H]1CCc2ccc(Cl)nc2N1.S.S. The summed E-state index contributed by atoms with van der Waals surface area (Å²) in [5.41, 5.74) is 2.53. The first-order chi connectivity index (χ1) is 15.5. The zero-order valence-corrected chi connectivity index (χ0v) is 22.8. The molecule has 0 aromatic carbocycles. The molecule has 7 nitrogen and oxygen atoms in total. The monoisotopic (exact) mass is 548 g/mol. The van der Waals surface area contributed by atoms with Gasteiger partial charge in [-0.05, 0) is 68.2 Å². The number of nitrogens with zero attached hydrogens (tertiary/aromatic N) is 2. The highest BCUT2D eigenvalue weighted by Gasteiger charge is 2.19. The van der Waals surface area contributed by atoms with Gasteiger partial charge in [-0.2, -0.15) is 36.6 Å². The molecule has 4 rings (SSSR count). The van der Waals surface area contributed by atoms with Gasteiger partial charge in [-0.1, -0.05) is 48.7 Å². The lowest BCUT2D eigenvalue weighted by Gasteiger charge is -2.25. The minimum Gasteiger partial charge on any atom is -0.396 e. The third kappa shape index (κ3) is 10.8. The Bertz CT molecular complexity index is 903. The zero-order valence-electron chi connectivity index (χ0n) is 19.2. The van der Waals surface area contributed by atoms with E-state index in [-0.39, 0.29) is 39.7 Å². The minimum absolute atomic E-state index is 0. The van der Waals surface area contributed by atoms with E-state index in [4.69, 9.17) is 37.9 Å². The third-order valence-corrected chi connectivity index (χ3v) is 5.86. The van der Waals surface area contributed by atoms with Gasteiger partial charge in [-0.3, -0.25) is 0 Å². The molecule has 2 aliphatic rings.